The molecule has 0 bridgehead atoms. The predicted molar refractivity (Wildman–Crippen MR) is 73.8 cm³/mol. The molecular formula is C15H10BrF3O. The molecule has 0 unspecified atom stereocenters. The summed E-state index contributed by atoms with van der Waals surface area (Å²) in [7, 11) is 0. The molecule has 0 radical (unpaired) electrons. The Morgan fingerprint density at radius 1 is 1.05 bits per heavy atom. The van der Waals surface area contributed by atoms with Gasteiger partial charge in [0, 0.05) is 15.6 Å². The predicted octanol–water partition coefficient (Wildman–Crippen LogP) is 5.01. The second-order valence-electron chi connectivity index (χ2n) is 4.36. The van der Waals surface area contributed by atoms with Crippen LogP contribution in [0.5, 0.6) is 0 Å². The first-order valence-electron chi connectivity index (χ1n) is 5.77. The Balaban J connectivity index is 2.37. The third-order valence-electron chi connectivity index (χ3n) is 2.92. The molecule has 0 aromatic heterocycles. The van der Waals surface area contributed by atoms with Gasteiger partial charge in [0.2, 0.25) is 0 Å². The Labute approximate surface area is 122 Å². The van der Waals surface area contributed by atoms with E-state index in [0.717, 1.165) is 22.2 Å². The summed E-state index contributed by atoms with van der Waals surface area (Å²) in [5.74, 6) is -0.294. The number of alkyl halides is 3. The Morgan fingerprint density at radius 2 is 1.65 bits per heavy atom. The highest BCUT2D eigenvalue weighted by Gasteiger charge is 2.30. The number of halogens is 4. The van der Waals surface area contributed by atoms with Gasteiger partial charge in [-0.05, 0) is 36.8 Å². The zero-order chi connectivity index (χ0) is 14.9. The van der Waals surface area contributed by atoms with Gasteiger partial charge >= 0.3 is 6.18 Å². The van der Waals surface area contributed by atoms with Crippen molar-refractivity contribution in [2.24, 2.45) is 0 Å². The average molecular weight is 343 g/mol. The van der Waals surface area contributed by atoms with Gasteiger partial charge in [0.1, 0.15) is 0 Å². The first-order valence-corrected chi connectivity index (χ1v) is 6.56. The second kappa shape index (κ2) is 5.40. The fourth-order valence-electron chi connectivity index (χ4n) is 1.80. The van der Waals surface area contributed by atoms with Crippen LogP contribution in [-0.4, -0.2) is 5.78 Å². The van der Waals surface area contributed by atoms with Crippen LogP contribution in [-0.2, 0) is 6.18 Å². The molecule has 0 atom stereocenters. The summed E-state index contributed by atoms with van der Waals surface area (Å²) in [6.45, 7) is 1.78. The lowest BCUT2D eigenvalue weighted by Gasteiger charge is -2.08. The minimum absolute atomic E-state index is 0.235. The topological polar surface area (TPSA) is 17.1 Å². The molecule has 1 nitrogen and oxygen atoms in total. The summed E-state index contributed by atoms with van der Waals surface area (Å²) in [6, 6.07) is 9.48. The van der Waals surface area contributed by atoms with Crippen LogP contribution >= 0.6 is 15.9 Å². The first-order chi connectivity index (χ1) is 9.29. The van der Waals surface area contributed by atoms with Crippen LogP contribution in [0.15, 0.2) is 46.9 Å². The van der Waals surface area contributed by atoms with E-state index in [1.54, 1.807) is 25.1 Å². The summed E-state index contributed by atoms with van der Waals surface area (Å²) in [5.41, 5.74) is 0.719. The highest BCUT2D eigenvalue weighted by Crippen LogP contribution is 2.29. The molecule has 2 aromatic carbocycles. The Bertz CT molecular complexity index is 645. The molecule has 0 spiro atoms. The molecule has 0 fully saturated rings. The molecule has 0 aliphatic carbocycles. The van der Waals surface area contributed by atoms with Crippen LogP contribution < -0.4 is 0 Å². The van der Waals surface area contributed by atoms with E-state index in [0.29, 0.717) is 5.56 Å². The summed E-state index contributed by atoms with van der Waals surface area (Å²) >= 11 is 3.27. The third kappa shape index (κ3) is 3.10. The fourth-order valence-corrected chi connectivity index (χ4v) is 2.17. The SMILES string of the molecule is Cc1ccc(Br)cc1C(=O)c1ccc(C(F)(F)F)cc1. The van der Waals surface area contributed by atoms with Crippen molar-refractivity contribution in [3.8, 4) is 0 Å². The molecule has 0 amide bonds. The maximum absolute atomic E-state index is 12.5. The summed E-state index contributed by atoms with van der Waals surface area (Å²) in [6.07, 6.45) is -4.40. The van der Waals surface area contributed by atoms with E-state index >= 15 is 0 Å². The van der Waals surface area contributed by atoms with Gasteiger partial charge in [-0.1, -0.05) is 34.1 Å². The van der Waals surface area contributed by atoms with Gasteiger partial charge in [-0.2, -0.15) is 13.2 Å². The quantitative estimate of drug-likeness (QED) is 0.701. The van der Waals surface area contributed by atoms with E-state index < -0.39 is 11.7 Å². The minimum Gasteiger partial charge on any atom is -0.289 e. The Hall–Kier alpha value is -1.62. The van der Waals surface area contributed by atoms with Crippen LogP contribution in [0.3, 0.4) is 0 Å². The van der Waals surface area contributed by atoms with Crippen molar-refractivity contribution >= 4 is 21.7 Å². The van der Waals surface area contributed by atoms with Crippen LogP contribution in [0.2, 0.25) is 0 Å². The van der Waals surface area contributed by atoms with Gasteiger partial charge in [0.05, 0.1) is 5.56 Å². The number of hydrogen-bond acceptors (Lipinski definition) is 1. The smallest absolute Gasteiger partial charge is 0.289 e. The highest BCUT2D eigenvalue weighted by molar-refractivity contribution is 9.10. The zero-order valence-electron chi connectivity index (χ0n) is 10.5. The number of hydrogen-bond donors (Lipinski definition) is 0. The lowest BCUT2D eigenvalue weighted by molar-refractivity contribution is -0.137. The Morgan fingerprint density at radius 3 is 2.20 bits per heavy atom. The molecule has 0 saturated carbocycles. The zero-order valence-corrected chi connectivity index (χ0v) is 12.0. The van der Waals surface area contributed by atoms with Gasteiger partial charge < -0.3 is 0 Å². The maximum Gasteiger partial charge on any atom is 0.416 e. The molecule has 20 heavy (non-hydrogen) atoms. The number of carbonyl (C=O) groups excluding carboxylic acids is 1. The first kappa shape index (κ1) is 14.8. The van der Waals surface area contributed by atoms with Crippen molar-refractivity contribution in [3.63, 3.8) is 0 Å². The van der Waals surface area contributed by atoms with Crippen molar-refractivity contribution in [1.29, 1.82) is 0 Å². The second-order valence-corrected chi connectivity index (χ2v) is 5.28. The van der Waals surface area contributed by atoms with Crippen molar-refractivity contribution in [2.45, 2.75) is 13.1 Å². The fraction of sp³-hybridized carbons (Fsp3) is 0.133. The largest absolute Gasteiger partial charge is 0.416 e. The number of carbonyl (C=O) groups is 1. The summed E-state index contributed by atoms with van der Waals surface area (Å²) < 4.78 is 38.2. The van der Waals surface area contributed by atoms with Crippen LogP contribution in [0, 0.1) is 6.92 Å². The number of aryl methyl sites for hydroxylation is 1. The highest BCUT2D eigenvalue weighted by atomic mass is 79.9. The number of ketones is 1. The van der Waals surface area contributed by atoms with Crippen molar-refractivity contribution < 1.29 is 18.0 Å². The molecule has 0 aliphatic rings. The molecule has 0 aliphatic heterocycles. The molecular weight excluding hydrogens is 333 g/mol. The molecule has 0 heterocycles. The summed E-state index contributed by atoms with van der Waals surface area (Å²) in [4.78, 5) is 12.3. The van der Waals surface area contributed by atoms with E-state index in [1.807, 2.05) is 0 Å². The van der Waals surface area contributed by atoms with E-state index in [-0.39, 0.29) is 11.3 Å². The lowest BCUT2D eigenvalue weighted by atomic mass is 9.98. The van der Waals surface area contributed by atoms with Gasteiger partial charge in [-0.25, -0.2) is 0 Å². The van der Waals surface area contributed by atoms with Crippen molar-refractivity contribution in [3.05, 3.63) is 69.2 Å². The van der Waals surface area contributed by atoms with Gasteiger partial charge in [-0.15, -0.1) is 0 Å². The molecule has 5 heteroatoms. The van der Waals surface area contributed by atoms with Gasteiger partial charge in [0.25, 0.3) is 0 Å². The Kier molecular flexibility index (Phi) is 3.99. The lowest BCUT2D eigenvalue weighted by Crippen LogP contribution is -2.07. The average Bonchev–Trinajstić information content (AvgIpc) is 2.40. The molecule has 104 valence electrons. The number of benzene rings is 2. The third-order valence-corrected chi connectivity index (χ3v) is 3.41. The van der Waals surface area contributed by atoms with E-state index in [1.165, 1.54) is 12.1 Å². The van der Waals surface area contributed by atoms with E-state index in [2.05, 4.69) is 15.9 Å². The molecule has 2 rings (SSSR count). The standard InChI is InChI=1S/C15H10BrF3O/c1-9-2-7-12(16)8-13(9)14(20)10-3-5-11(6-4-10)15(17,18)19/h2-8H,1H3. The van der Waals surface area contributed by atoms with E-state index in [9.17, 15) is 18.0 Å². The van der Waals surface area contributed by atoms with Crippen LogP contribution in [0.4, 0.5) is 13.2 Å². The van der Waals surface area contributed by atoms with Gasteiger partial charge in [0.15, 0.2) is 5.78 Å². The monoisotopic (exact) mass is 342 g/mol. The van der Waals surface area contributed by atoms with Crippen LogP contribution in [0.25, 0.3) is 0 Å². The van der Waals surface area contributed by atoms with E-state index in [4.69, 9.17) is 0 Å². The van der Waals surface area contributed by atoms with Crippen molar-refractivity contribution in [1.82, 2.24) is 0 Å². The van der Waals surface area contributed by atoms with Crippen LogP contribution in [0.1, 0.15) is 27.0 Å². The molecule has 0 saturated heterocycles. The number of rotatable bonds is 2. The molecule has 0 N–H and O–H groups in total. The minimum atomic E-state index is -4.40. The summed E-state index contributed by atoms with van der Waals surface area (Å²) in [5, 5.41) is 0. The molecule has 2 aromatic rings. The maximum atomic E-state index is 12.5. The normalized spacial score (nSPS) is 11.4. The van der Waals surface area contributed by atoms with Crippen molar-refractivity contribution in [2.75, 3.05) is 0 Å². The van der Waals surface area contributed by atoms with Gasteiger partial charge in [-0.3, -0.25) is 4.79 Å².